The van der Waals surface area contributed by atoms with Crippen LogP contribution in [-0.4, -0.2) is 28.3 Å². The minimum atomic E-state index is -0.954. The molecule has 0 saturated carbocycles. The number of aromatic amines is 1. The van der Waals surface area contributed by atoms with Gasteiger partial charge in [0.15, 0.2) is 0 Å². The van der Waals surface area contributed by atoms with Gasteiger partial charge in [-0.25, -0.2) is 0 Å². The number of nitrogens with one attached hydrogen (secondary N) is 3. The van der Waals surface area contributed by atoms with Gasteiger partial charge in [-0.2, -0.15) is 4.98 Å². The number of amides is 2. The first-order chi connectivity index (χ1) is 15.5. The van der Waals surface area contributed by atoms with Crippen LogP contribution < -0.4 is 21.1 Å². The lowest BCUT2D eigenvalue weighted by molar-refractivity contribution is -0.123. The molecule has 162 valence electrons. The van der Waals surface area contributed by atoms with Crippen LogP contribution in [0.25, 0.3) is 0 Å². The van der Waals surface area contributed by atoms with E-state index in [2.05, 4.69) is 32.7 Å². The molecule has 9 heteroatoms. The van der Waals surface area contributed by atoms with Gasteiger partial charge in [-0.3, -0.25) is 19.4 Å². The Bertz CT molecular complexity index is 1290. The van der Waals surface area contributed by atoms with Crippen molar-refractivity contribution in [1.82, 2.24) is 9.97 Å². The fourth-order valence-electron chi connectivity index (χ4n) is 4.21. The fourth-order valence-corrected chi connectivity index (χ4v) is 4.40. The molecule has 5 rings (SSSR count). The highest BCUT2D eigenvalue weighted by molar-refractivity contribution is 6.30. The third-order valence-electron chi connectivity index (χ3n) is 5.78. The maximum absolute atomic E-state index is 13.0. The van der Waals surface area contributed by atoms with Gasteiger partial charge in [0.2, 0.25) is 17.8 Å². The van der Waals surface area contributed by atoms with Crippen molar-refractivity contribution in [2.75, 3.05) is 22.1 Å². The highest BCUT2D eigenvalue weighted by Crippen LogP contribution is 2.31. The number of fused-ring (bicyclic) bond motifs is 2. The van der Waals surface area contributed by atoms with Crippen LogP contribution in [0.4, 0.5) is 17.5 Å². The van der Waals surface area contributed by atoms with Crippen molar-refractivity contribution in [3.8, 4) is 0 Å². The molecule has 3 heterocycles. The molecular weight excluding hydrogens is 430 g/mol. The maximum atomic E-state index is 13.0. The van der Waals surface area contributed by atoms with Crippen LogP contribution >= 0.6 is 11.6 Å². The number of rotatable bonds is 3. The summed E-state index contributed by atoms with van der Waals surface area (Å²) in [6, 6.07) is 14.8. The number of halogens is 1. The smallest absolute Gasteiger partial charge is 0.258 e. The van der Waals surface area contributed by atoms with Gasteiger partial charge in [0, 0.05) is 30.2 Å². The van der Waals surface area contributed by atoms with Gasteiger partial charge < -0.3 is 15.5 Å². The summed E-state index contributed by atoms with van der Waals surface area (Å²) >= 11 is 5.98. The number of H-pyrrole nitrogens is 1. The second-order valence-corrected chi connectivity index (χ2v) is 8.33. The van der Waals surface area contributed by atoms with Gasteiger partial charge in [0.05, 0.1) is 11.5 Å². The Morgan fingerprint density at radius 3 is 2.75 bits per heavy atom. The zero-order chi connectivity index (χ0) is 22.2. The van der Waals surface area contributed by atoms with Crippen molar-refractivity contribution in [2.24, 2.45) is 0 Å². The molecule has 0 saturated heterocycles. The number of anilines is 3. The van der Waals surface area contributed by atoms with Crippen molar-refractivity contribution >= 4 is 40.9 Å². The number of hydrogen-bond acceptors (Lipinski definition) is 5. The number of carbonyl (C=O) groups excluding carboxylic acids is 2. The maximum Gasteiger partial charge on any atom is 0.258 e. The molecule has 2 aliphatic rings. The summed E-state index contributed by atoms with van der Waals surface area (Å²) in [6.45, 7) is 1.29. The normalized spacial score (nSPS) is 17.2. The zero-order valence-electron chi connectivity index (χ0n) is 17.0. The molecular formula is C23H20ClN5O3. The first-order valence-corrected chi connectivity index (χ1v) is 10.7. The molecule has 2 aliphatic heterocycles. The Balaban J connectivity index is 1.45. The van der Waals surface area contributed by atoms with Crippen LogP contribution in [0, 0.1) is 0 Å². The number of carbonyl (C=O) groups is 2. The van der Waals surface area contributed by atoms with E-state index >= 15 is 0 Å². The van der Waals surface area contributed by atoms with E-state index < -0.39 is 17.4 Å². The number of aromatic nitrogens is 2. The van der Waals surface area contributed by atoms with Gasteiger partial charge >= 0.3 is 0 Å². The van der Waals surface area contributed by atoms with E-state index in [9.17, 15) is 14.4 Å². The Morgan fingerprint density at radius 2 is 1.94 bits per heavy atom. The number of hydrogen-bond donors (Lipinski definition) is 3. The van der Waals surface area contributed by atoms with Crippen LogP contribution in [-0.2, 0) is 22.6 Å². The van der Waals surface area contributed by atoms with E-state index in [1.807, 2.05) is 17.0 Å². The Hall–Kier alpha value is -3.65. The number of nitrogens with zero attached hydrogens (tertiary/aromatic N) is 2. The summed E-state index contributed by atoms with van der Waals surface area (Å²) in [5.41, 5.74) is 2.65. The second-order valence-electron chi connectivity index (χ2n) is 7.90. The highest BCUT2D eigenvalue weighted by atomic mass is 35.5. The first kappa shape index (κ1) is 20.3. The Labute approximate surface area is 188 Å². The van der Waals surface area contributed by atoms with Crippen molar-refractivity contribution in [1.29, 1.82) is 0 Å². The molecule has 3 aromatic rings. The van der Waals surface area contributed by atoms with E-state index in [0.29, 0.717) is 29.7 Å². The van der Waals surface area contributed by atoms with Gasteiger partial charge in [-0.05, 0) is 35.7 Å². The standard InChI is InChI=1S/C23H20ClN5O3/c24-15-6-3-7-16(10-15)25-21(31)17-11-18(30)26-20-19(17)22(32)28-23(27-20)29-9-8-13-4-1-2-5-14(13)12-29/h1-7,10,17H,8-9,11-12H2,(H,25,31)(H2,26,27,28,30,32)/t17-/m0/s1. The summed E-state index contributed by atoms with van der Waals surface area (Å²) in [6.07, 6.45) is 0.689. The molecule has 2 aromatic carbocycles. The first-order valence-electron chi connectivity index (χ1n) is 10.3. The van der Waals surface area contributed by atoms with E-state index in [1.165, 1.54) is 11.1 Å². The van der Waals surface area contributed by atoms with Crippen LogP contribution in [0.5, 0.6) is 0 Å². The summed E-state index contributed by atoms with van der Waals surface area (Å²) in [7, 11) is 0. The number of benzene rings is 2. The van der Waals surface area contributed by atoms with Gasteiger partial charge in [-0.15, -0.1) is 0 Å². The van der Waals surface area contributed by atoms with E-state index in [1.54, 1.807) is 24.3 Å². The van der Waals surface area contributed by atoms with E-state index in [0.717, 1.165) is 6.42 Å². The largest absolute Gasteiger partial charge is 0.338 e. The van der Waals surface area contributed by atoms with Crippen molar-refractivity contribution in [2.45, 2.75) is 25.3 Å². The predicted octanol–water partition coefficient (Wildman–Crippen LogP) is 3.05. The molecule has 1 aromatic heterocycles. The van der Waals surface area contributed by atoms with Crippen molar-refractivity contribution < 1.29 is 9.59 Å². The van der Waals surface area contributed by atoms with Crippen LogP contribution in [0.15, 0.2) is 53.3 Å². The third-order valence-corrected chi connectivity index (χ3v) is 6.01. The van der Waals surface area contributed by atoms with Crippen molar-refractivity contribution in [3.63, 3.8) is 0 Å². The molecule has 0 unspecified atom stereocenters. The summed E-state index contributed by atoms with van der Waals surface area (Å²) in [4.78, 5) is 47.6. The van der Waals surface area contributed by atoms with E-state index in [-0.39, 0.29) is 23.7 Å². The third kappa shape index (κ3) is 3.85. The summed E-state index contributed by atoms with van der Waals surface area (Å²) < 4.78 is 0. The molecule has 1 atom stereocenters. The minimum absolute atomic E-state index is 0.130. The second kappa shape index (κ2) is 8.12. The molecule has 0 radical (unpaired) electrons. The highest BCUT2D eigenvalue weighted by Gasteiger charge is 2.35. The lowest BCUT2D eigenvalue weighted by Gasteiger charge is -2.30. The lowest BCUT2D eigenvalue weighted by Crippen LogP contribution is -2.38. The van der Waals surface area contributed by atoms with Crippen LogP contribution in [0.1, 0.15) is 29.0 Å². The molecule has 0 fully saturated rings. The minimum Gasteiger partial charge on any atom is -0.338 e. The Morgan fingerprint density at radius 1 is 1.12 bits per heavy atom. The predicted molar refractivity (Wildman–Crippen MR) is 122 cm³/mol. The Kier molecular flexibility index (Phi) is 5.14. The van der Waals surface area contributed by atoms with Gasteiger partial charge in [0.25, 0.3) is 5.56 Å². The fraction of sp³-hybridized carbons (Fsp3) is 0.217. The lowest BCUT2D eigenvalue weighted by atomic mass is 9.92. The van der Waals surface area contributed by atoms with E-state index in [4.69, 9.17) is 11.6 Å². The molecule has 0 bridgehead atoms. The SMILES string of the molecule is O=C1C[C@H](C(=O)Nc2cccc(Cl)c2)c2c(nc(N3CCc4ccccc4C3)[nH]c2=O)N1. The van der Waals surface area contributed by atoms with Crippen LogP contribution in [0.2, 0.25) is 5.02 Å². The monoisotopic (exact) mass is 449 g/mol. The molecule has 0 spiro atoms. The molecule has 3 N–H and O–H groups in total. The van der Waals surface area contributed by atoms with Crippen molar-refractivity contribution in [3.05, 3.63) is 80.6 Å². The molecule has 0 aliphatic carbocycles. The average Bonchev–Trinajstić information content (AvgIpc) is 2.78. The zero-order valence-corrected chi connectivity index (χ0v) is 17.8. The topological polar surface area (TPSA) is 107 Å². The molecule has 2 amide bonds. The average molecular weight is 450 g/mol. The summed E-state index contributed by atoms with van der Waals surface area (Å²) in [5.74, 6) is -1.28. The quantitative estimate of drug-likeness (QED) is 0.569. The van der Waals surface area contributed by atoms with Gasteiger partial charge in [0.1, 0.15) is 5.82 Å². The molecule has 32 heavy (non-hydrogen) atoms. The summed E-state index contributed by atoms with van der Waals surface area (Å²) in [5, 5.41) is 5.86. The van der Waals surface area contributed by atoms with Gasteiger partial charge in [-0.1, -0.05) is 41.9 Å². The molecule has 8 nitrogen and oxygen atoms in total. The van der Waals surface area contributed by atoms with Crippen LogP contribution in [0.3, 0.4) is 0 Å².